The molecule has 0 aliphatic carbocycles. The van der Waals surface area contributed by atoms with Crippen LogP contribution in [0.25, 0.3) is 10.2 Å². The Labute approximate surface area is 126 Å². The van der Waals surface area contributed by atoms with Crippen LogP contribution in [0.4, 0.5) is 17.1 Å². The molecule has 0 saturated carbocycles. The van der Waals surface area contributed by atoms with Crippen molar-refractivity contribution in [3.05, 3.63) is 35.8 Å². The topological polar surface area (TPSA) is 69.4 Å². The first kappa shape index (κ1) is 13.5. The number of hydrogen-bond acceptors (Lipinski definition) is 6. The van der Waals surface area contributed by atoms with E-state index in [0.29, 0.717) is 17.2 Å². The maximum Gasteiger partial charge on any atom is 0.162 e. The summed E-state index contributed by atoms with van der Waals surface area (Å²) in [5, 5.41) is 3.28. The third kappa shape index (κ3) is 2.45. The zero-order chi connectivity index (χ0) is 14.8. The minimum atomic E-state index is 0.642. The van der Waals surface area contributed by atoms with Gasteiger partial charge in [0, 0.05) is 11.8 Å². The molecule has 0 atom stereocenters. The van der Waals surface area contributed by atoms with Gasteiger partial charge in [0.25, 0.3) is 0 Å². The van der Waals surface area contributed by atoms with Crippen LogP contribution in [0.5, 0.6) is 11.5 Å². The minimum absolute atomic E-state index is 0.642. The van der Waals surface area contributed by atoms with E-state index in [4.69, 9.17) is 15.2 Å². The SMILES string of the molecule is COc1ccc(Nc2ccc3scnc3c2N)cc1OC. The van der Waals surface area contributed by atoms with E-state index >= 15 is 0 Å². The van der Waals surface area contributed by atoms with Gasteiger partial charge in [0.1, 0.15) is 5.52 Å². The van der Waals surface area contributed by atoms with Gasteiger partial charge in [-0.2, -0.15) is 0 Å². The van der Waals surface area contributed by atoms with Crippen molar-refractivity contribution in [2.75, 3.05) is 25.3 Å². The molecular weight excluding hydrogens is 286 g/mol. The van der Waals surface area contributed by atoms with E-state index in [0.717, 1.165) is 21.6 Å². The zero-order valence-corrected chi connectivity index (χ0v) is 12.5. The number of hydrogen-bond donors (Lipinski definition) is 2. The third-order valence-corrected chi connectivity index (χ3v) is 4.00. The maximum atomic E-state index is 6.16. The molecule has 0 aliphatic rings. The number of thiazole rings is 1. The highest BCUT2D eigenvalue weighted by atomic mass is 32.1. The molecule has 0 spiro atoms. The Balaban J connectivity index is 1.96. The fourth-order valence-corrected chi connectivity index (χ4v) is 2.82. The van der Waals surface area contributed by atoms with Gasteiger partial charge in [0.15, 0.2) is 11.5 Å². The van der Waals surface area contributed by atoms with Crippen LogP contribution in [0.3, 0.4) is 0 Å². The lowest BCUT2D eigenvalue weighted by molar-refractivity contribution is 0.355. The number of nitrogens with zero attached hydrogens (tertiary/aromatic N) is 1. The van der Waals surface area contributed by atoms with Crippen molar-refractivity contribution in [2.24, 2.45) is 0 Å². The number of rotatable bonds is 4. The molecule has 2 aromatic carbocycles. The predicted octanol–water partition coefficient (Wildman–Crippen LogP) is 3.64. The molecule has 0 fully saturated rings. The first-order chi connectivity index (χ1) is 10.2. The standard InChI is InChI=1S/C15H15N3O2S/c1-19-11-5-3-9(7-12(11)20-2)18-10-4-6-13-15(14(10)16)17-8-21-13/h3-8,18H,16H2,1-2H3. The zero-order valence-electron chi connectivity index (χ0n) is 11.7. The summed E-state index contributed by atoms with van der Waals surface area (Å²) in [7, 11) is 3.22. The van der Waals surface area contributed by atoms with Crippen LogP contribution >= 0.6 is 11.3 Å². The number of methoxy groups -OCH3 is 2. The number of ether oxygens (including phenoxy) is 2. The largest absolute Gasteiger partial charge is 0.493 e. The van der Waals surface area contributed by atoms with Crippen LogP contribution in [0.1, 0.15) is 0 Å². The van der Waals surface area contributed by atoms with Crippen molar-refractivity contribution in [1.82, 2.24) is 4.98 Å². The normalized spacial score (nSPS) is 10.6. The number of anilines is 3. The van der Waals surface area contributed by atoms with E-state index in [2.05, 4.69) is 10.3 Å². The Morgan fingerprint density at radius 3 is 2.67 bits per heavy atom. The van der Waals surface area contributed by atoms with Crippen LogP contribution in [0.15, 0.2) is 35.8 Å². The summed E-state index contributed by atoms with van der Waals surface area (Å²) in [6, 6.07) is 9.58. The van der Waals surface area contributed by atoms with E-state index in [-0.39, 0.29) is 0 Å². The molecule has 0 unspecified atom stereocenters. The average Bonchev–Trinajstić information content (AvgIpc) is 2.99. The van der Waals surface area contributed by atoms with Gasteiger partial charge in [-0.15, -0.1) is 11.3 Å². The van der Waals surface area contributed by atoms with Crippen molar-refractivity contribution in [1.29, 1.82) is 0 Å². The van der Waals surface area contributed by atoms with Gasteiger partial charge in [0.2, 0.25) is 0 Å². The van der Waals surface area contributed by atoms with E-state index in [1.54, 1.807) is 31.1 Å². The molecule has 0 bridgehead atoms. The summed E-state index contributed by atoms with van der Waals surface area (Å²) in [4.78, 5) is 4.29. The fraction of sp³-hybridized carbons (Fsp3) is 0.133. The minimum Gasteiger partial charge on any atom is -0.493 e. The lowest BCUT2D eigenvalue weighted by Gasteiger charge is -2.12. The smallest absolute Gasteiger partial charge is 0.162 e. The van der Waals surface area contributed by atoms with E-state index in [1.807, 2.05) is 30.3 Å². The summed E-state index contributed by atoms with van der Waals surface area (Å²) in [6.45, 7) is 0. The van der Waals surface area contributed by atoms with Crippen LogP contribution in [0, 0.1) is 0 Å². The summed E-state index contributed by atoms with van der Waals surface area (Å²) < 4.78 is 11.6. The number of aromatic nitrogens is 1. The molecular formula is C15H15N3O2S. The first-order valence-corrected chi connectivity index (χ1v) is 7.21. The monoisotopic (exact) mass is 301 g/mol. The highest BCUT2D eigenvalue weighted by Gasteiger charge is 2.09. The van der Waals surface area contributed by atoms with Crippen LogP contribution in [0.2, 0.25) is 0 Å². The van der Waals surface area contributed by atoms with Crippen LogP contribution in [-0.4, -0.2) is 19.2 Å². The Morgan fingerprint density at radius 2 is 1.90 bits per heavy atom. The third-order valence-electron chi connectivity index (χ3n) is 3.20. The summed E-state index contributed by atoms with van der Waals surface area (Å²) in [5.74, 6) is 1.35. The van der Waals surface area contributed by atoms with Gasteiger partial charge in [-0.05, 0) is 24.3 Å². The maximum absolute atomic E-state index is 6.16. The average molecular weight is 301 g/mol. The molecule has 1 heterocycles. The molecule has 108 valence electrons. The molecule has 0 aliphatic heterocycles. The molecule has 6 heteroatoms. The number of fused-ring (bicyclic) bond motifs is 1. The highest BCUT2D eigenvalue weighted by molar-refractivity contribution is 7.16. The van der Waals surface area contributed by atoms with Crippen molar-refractivity contribution in [2.45, 2.75) is 0 Å². The Kier molecular flexibility index (Phi) is 3.53. The van der Waals surface area contributed by atoms with Gasteiger partial charge in [-0.1, -0.05) is 0 Å². The molecule has 21 heavy (non-hydrogen) atoms. The van der Waals surface area contributed by atoms with E-state index in [1.165, 1.54) is 0 Å². The fourth-order valence-electron chi connectivity index (χ4n) is 2.13. The second-order valence-electron chi connectivity index (χ2n) is 4.42. The van der Waals surface area contributed by atoms with Crippen molar-refractivity contribution >= 4 is 38.6 Å². The molecule has 1 aromatic heterocycles. The highest BCUT2D eigenvalue weighted by Crippen LogP contribution is 2.35. The Morgan fingerprint density at radius 1 is 1.10 bits per heavy atom. The second kappa shape index (κ2) is 5.49. The molecule has 0 saturated heterocycles. The summed E-state index contributed by atoms with van der Waals surface area (Å²) in [6.07, 6.45) is 0. The number of nitrogen functional groups attached to an aromatic ring is 1. The predicted molar refractivity (Wildman–Crippen MR) is 86.9 cm³/mol. The lowest BCUT2D eigenvalue weighted by atomic mass is 10.2. The molecule has 0 amide bonds. The Bertz CT molecular complexity index is 786. The van der Waals surface area contributed by atoms with Gasteiger partial charge in [-0.25, -0.2) is 4.98 Å². The lowest BCUT2D eigenvalue weighted by Crippen LogP contribution is -1.98. The van der Waals surface area contributed by atoms with Crippen LogP contribution in [-0.2, 0) is 0 Å². The molecule has 3 aromatic rings. The summed E-state index contributed by atoms with van der Waals surface area (Å²) in [5.41, 5.74) is 11.1. The molecule has 0 radical (unpaired) electrons. The van der Waals surface area contributed by atoms with Crippen molar-refractivity contribution < 1.29 is 9.47 Å². The van der Waals surface area contributed by atoms with Crippen molar-refractivity contribution in [3.8, 4) is 11.5 Å². The molecule has 3 rings (SSSR count). The van der Waals surface area contributed by atoms with E-state index in [9.17, 15) is 0 Å². The number of benzene rings is 2. The van der Waals surface area contributed by atoms with E-state index < -0.39 is 0 Å². The Hall–Kier alpha value is -2.47. The van der Waals surface area contributed by atoms with Gasteiger partial charge in [-0.3, -0.25) is 0 Å². The van der Waals surface area contributed by atoms with Crippen LogP contribution < -0.4 is 20.5 Å². The summed E-state index contributed by atoms with van der Waals surface area (Å²) >= 11 is 1.57. The number of nitrogens with one attached hydrogen (secondary N) is 1. The first-order valence-electron chi connectivity index (χ1n) is 6.33. The number of nitrogens with two attached hydrogens (primary N) is 1. The molecule has 5 nitrogen and oxygen atoms in total. The van der Waals surface area contributed by atoms with Crippen molar-refractivity contribution in [3.63, 3.8) is 0 Å². The van der Waals surface area contributed by atoms with Gasteiger partial charge < -0.3 is 20.5 Å². The quantitative estimate of drug-likeness (QED) is 0.720. The van der Waals surface area contributed by atoms with Gasteiger partial charge in [0.05, 0.1) is 35.8 Å². The molecule has 3 N–H and O–H groups in total. The van der Waals surface area contributed by atoms with Gasteiger partial charge >= 0.3 is 0 Å². The second-order valence-corrected chi connectivity index (χ2v) is 5.31.